The van der Waals surface area contributed by atoms with Gasteiger partial charge in [-0.2, -0.15) is 4.57 Å². The third kappa shape index (κ3) is 2.96. The minimum absolute atomic E-state index is 0.125. The molecule has 1 aromatic heterocycles. The predicted octanol–water partition coefficient (Wildman–Crippen LogP) is 5.51. The van der Waals surface area contributed by atoms with Crippen LogP contribution in [0.3, 0.4) is 0 Å². The lowest BCUT2D eigenvalue weighted by atomic mass is 10.0. The quantitative estimate of drug-likeness (QED) is 0.467. The van der Waals surface area contributed by atoms with Gasteiger partial charge in [0.1, 0.15) is 0 Å². The number of imidazole rings is 1. The molecule has 1 aliphatic rings. The van der Waals surface area contributed by atoms with E-state index in [4.69, 9.17) is 0 Å². The van der Waals surface area contributed by atoms with Crippen molar-refractivity contribution < 1.29 is 9.78 Å². The first-order valence-corrected chi connectivity index (χ1v) is 10.2. The SMILES string of the molecule is O=C1CC(c2ccccc2)Sc2[nH+]c(-c3ccccc3)c(-c3ccccc3)n21. The van der Waals surface area contributed by atoms with Crippen molar-refractivity contribution in [2.45, 2.75) is 16.8 Å². The van der Waals surface area contributed by atoms with Crippen molar-refractivity contribution in [1.29, 1.82) is 0 Å². The molecule has 0 aliphatic carbocycles. The normalized spacial score (nSPS) is 16.0. The average molecular weight is 383 g/mol. The molecule has 0 amide bonds. The largest absolute Gasteiger partial charge is 0.325 e. The van der Waals surface area contributed by atoms with Gasteiger partial charge in [0.2, 0.25) is 0 Å². The Morgan fingerprint density at radius 1 is 0.786 bits per heavy atom. The molecule has 0 saturated carbocycles. The van der Waals surface area contributed by atoms with Crippen molar-refractivity contribution in [2.24, 2.45) is 0 Å². The molecule has 0 radical (unpaired) electrons. The summed E-state index contributed by atoms with van der Waals surface area (Å²) in [5.41, 5.74) is 5.22. The van der Waals surface area contributed by atoms with Crippen LogP contribution >= 0.6 is 11.8 Å². The van der Waals surface area contributed by atoms with Crippen LogP contribution in [0.1, 0.15) is 22.0 Å². The fourth-order valence-electron chi connectivity index (χ4n) is 3.72. The number of nitrogens with one attached hydrogen (secondary N) is 1. The van der Waals surface area contributed by atoms with Gasteiger partial charge < -0.3 is 0 Å². The van der Waals surface area contributed by atoms with E-state index in [1.807, 2.05) is 59.2 Å². The van der Waals surface area contributed by atoms with Crippen molar-refractivity contribution in [3.63, 3.8) is 0 Å². The molecule has 5 rings (SSSR count). The van der Waals surface area contributed by atoms with E-state index in [9.17, 15) is 4.79 Å². The molecule has 28 heavy (non-hydrogen) atoms. The Labute approximate surface area is 168 Å². The van der Waals surface area contributed by atoms with Crippen LogP contribution in [0, 0.1) is 0 Å². The Morgan fingerprint density at radius 2 is 1.36 bits per heavy atom. The van der Waals surface area contributed by atoms with Gasteiger partial charge >= 0.3 is 11.1 Å². The van der Waals surface area contributed by atoms with E-state index < -0.39 is 0 Å². The van der Waals surface area contributed by atoms with E-state index in [-0.39, 0.29) is 11.2 Å². The number of aromatic nitrogens is 2. The zero-order valence-corrected chi connectivity index (χ0v) is 16.0. The maximum Gasteiger partial charge on any atom is 0.325 e. The minimum Gasteiger partial charge on any atom is -0.246 e. The molecule has 136 valence electrons. The first-order chi connectivity index (χ1) is 13.8. The second-order valence-electron chi connectivity index (χ2n) is 6.84. The van der Waals surface area contributed by atoms with Crippen LogP contribution in [0.15, 0.2) is 96.2 Å². The van der Waals surface area contributed by atoms with Crippen molar-refractivity contribution in [1.82, 2.24) is 4.57 Å². The lowest BCUT2D eigenvalue weighted by Crippen LogP contribution is -2.23. The van der Waals surface area contributed by atoms with Crippen LogP contribution in [-0.2, 0) is 0 Å². The van der Waals surface area contributed by atoms with Gasteiger partial charge in [0.25, 0.3) is 0 Å². The van der Waals surface area contributed by atoms with E-state index in [1.54, 1.807) is 11.8 Å². The summed E-state index contributed by atoms with van der Waals surface area (Å²) in [5.74, 6) is 0.125. The summed E-state index contributed by atoms with van der Waals surface area (Å²) < 4.78 is 1.86. The van der Waals surface area contributed by atoms with E-state index >= 15 is 0 Å². The number of nitrogens with zero attached hydrogens (tertiary/aromatic N) is 1. The molecule has 3 nitrogen and oxygen atoms in total. The number of benzene rings is 3. The van der Waals surface area contributed by atoms with E-state index in [2.05, 4.69) is 41.4 Å². The van der Waals surface area contributed by atoms with Crippen LogP contribution < -0.4 is 4.98 Å². The Hall–Kier alpha value is -3.11. The predicted molar refractivity (Wildman–Crippen MR) is 112 cm³/mol. The van der Waals surface area contributed by atoms with Crippen LogP contribution in [0.5, 0.6) is 0 Å². The summed E-state index contributed by atoms with van der Waals surface area (Å²) in [7, 11) is 0. The molecule has 1 atom stereocenters. The summed E-state index contributed by atoms with van der Waals surface area (Å²) in [5, 5.41) is 1.02. The zero-order valence-electron chi connectivity index (χ0n) is 15.2. The third-order valence-electron chi connectivity index (χ3n) is 5.04. The molecule has 1 unspecified atom stereocenters. The molecule has 4 aromatic rings. The first kappa shape index (κ1) is 17.0. The maximum atomic E-state index is 13.2. The van der Waals surface area contributed by atoms with Gasteiger partial charge in [-0.25, -0.2) is 9.78 Å². The monoisotopic (exact) mass is 383 g/mol. The topological polar surface area (TPSA) is 36.1 Å². The molecular weight excluding hydrogens is 364 g/mol. The second kappa shape index (κ2) is 7.13. The van der Waals surface area contributed by atoms with Gasteiger partial charge in [-0.15, -0.1) is 0 Å². The highest BCUT2D eigenvalue weighted by atomic mass is 32.2. The molecule has 1 aliphatic heterocycles. The number of aromatic amines is 1. The second-order valence-corrected chi connectivity index (χ2v) is 8.03. The number of hydrogen-bond acceptors (Lipinski definition) is 2. The van der Waals surface area contributed by atoms with E-state index in [1.165, 1.54) is 5.56 Å². The van der Waals surface area contributed by atoms with Crippen LogP contribution in [-0.4, -0.2) is 10.5 Å². The van der Waals surface area contributed by atoms with Gasteiger partial charge in [-0.1, -0.05) is 91.0 Å². The first-order valence-electron chi connectivity index (χ1n) is 9.35. The fraction of sp³-hybridized carbons (Fsp3) is 0.0833. The number of H-pyrrole nitrogens is 1. The summed E-state index contributed by atoms with van der Waals surface area (Å²) in [6.45, 7) is 0. The highest BCUT2D eigenvalue weighted by Crippen LogP contribution is 2.44. The van der Waals surface area contributed by atoms with Crippen LogP contribution in [0.2, 0.25) is 0 Å². The highest BCUT2D eigenvalue weighted by molar-refractivity contribution is 7.99. The maximum absolute atomic E-state index is 13.2. The van der Waals surface area contributed by atoms with Crippen molar-refractivity contribution in [3.8, 4) is 22.5 Å². The molecule has 0 bridgehead atoms. The number of rotatable bonds is 3. The van der Waals surface area contributed by atoms with E-state index in [0.717, 1.165) is 27.7 Å². The van der Waals surface area contributed by atoms with Gasteiger partial charge in [0, 0.05) is 11.1 Å². The number of hydrogen-bond donors (Lipinski definition) is 0. The average Bonchev–Trinajstić information content (AvgIpc) is 3.16. The smallest absolute Gasteiger partial charge is 0.246 e. The Morgan fingerprint density at radius 3 is 2.00 bits per heavy atom. The van der Waals surface area contributed by atoms with Gasteiger partial charge in [0.05, 0.1) is 11.7 Å². The number of fused-ring (bicyclic) bond motifs is 1. The van der Waals surface area contributed by atoms with Crippen LogP contribution in [0.25, 0.3) is 22.5 Å². The molecule has 0 saturated heterocycles. The number of carbonyl (C=O) groups is 1. The van der Waals surface area contributed by atoms with Crippen LogP contribution in [0.4, 0.5) is 0 Å². The Bertz CT molecular complexity index is 1120. The summed E-state index contributed by atoms with van der Waals surface area (Å²) >= 11 is 1.72. The molecule has 3 aromatic carbocycles. The molecular formula is C24H19N2OS+. The van der Waals surface area contributed by atoms with Gasteiger partial charge in [-0.3, -0.25) is 0 Å². The van der Waals surface area contributed by atoms with Crippen molar-refractivity contribution in [2.75, 3.05) is 0 Å². The fourth-order valence-corrected chi connectivity index (χ4v) is 4.97. The minimum atomic E-state index is 0.125. The molecule has 2 heterocycles. The van der Waals surface area contributed by atoms with Gasteiger partial charge in [-0.05, 0) is 17.3 Å². The Kier molecular flexibility index (Phi) is 4.34. The zero-order chi connectivity index (χ0) is 18.9. The standard InChI is InChI=1S/C24H18N2OS/c27-21-16-20(17-10-4-1-5-11-17)28-24-25-22(18-12-6-2-7-13-18)23(26(21)24)19-14-8-3-9-15-19/h1-15,20H,16H2/p+1. The molecule has 0 spiro atoms. The highest BCUT2D eigenvalue weighted by Gasteiger charge is 2.39. The van der Waals surface area contributed by atoms with Crippen molar-refractivity contribution in [3.05, 3.63) is 96.6 Å². The number of carbonyl (C=O) groups excluding carboxylic acids is 1. The molecule has 4 heteroatoms. The molecule has 0 fully saturated rings. The summed E-state index contributed by atoms with van der Waals surface area (Å²) in [4.78, 5) is 16.8. The molecule has 1 N–H and O–H groups in total. The Balaban J connectivity index is 1.68. The summed E-state index contributed by atoms with van der Waals surface area (Å²) in [6.07, 6.45) is 0.484. The third-order valence-corrected chi connectivity index (χ3v) is 6.27. The van der Waals surface area contributed by atoms with Gasteiger partial charge in [0.15, 0.2) is 11.4 Å². The van der Waals surface area contributed by atoms with E-state index in [0.29, 0.717) is 6.42 Å². The lowest BCUT2D eigenvalue weighted by Gasteiger charge is -2.18. The lowest BCUT2D eigenvalue weighted by molar-refractivity contribution is -0.415. The number of thioether (sulfide) groups is 1. The van der Waals surface area contributed by atoms with Crippen molar-refractivity contribution >= 4 is 17.7 Å². The summed E-state index contributed by atoms with van der Waals surface area (Å²) in [6, 6.07) is 30.6.